The SMILES string of the molecule is CCCC1=Cc2c(-c3ccc(C4CCCCC4)cc3)cccc2[CH]1[Zr+2][O][SiH](C)C.[Cl-].[Cl-]. The average Bonchev–Trinajstić information content (AvgIpc) is 3.10. The van der Waals surface area contributed by atoms with Gasteiger partial charge in [-0.15, -0.1) is 0 Å². The fraction of sp³-hybridized carbons (Fsp3) is 0.462. The van der Waals surface area contributed by atoms with Gasteiger partial charge < -0.3 is 24.8 Å². The Morgan fingerprint density at radius 2 is 1.68 bits per heavy atom. The molecule has 2 aromatic rings. The maximum Gasteiger partial charge on any atom is -1.00 e. The number of halogens is 2. The molecule has 1 atom stereocenters. The standard InChI is InChI=1S/C24H27.C2H7OSi.2ClH.Zr/c1-2-7-18-16-22-10-6-11-23(24(22)17-18)21-14-12-20(13-15-21)19-8-4-3-5-9-19;1-4(2)3;;;/h6,10-17,19H,2-5,7-9H2,1H3;4H,1-2H3;2*1H;/q;-1;;;+3/p-2. The second-order valence-corrected chi connectivity index (χ2v) is 15.0. The van der Waals surface area contributed by atoms with Crippen LogP contribution in [0, 0.1) is 0 Å². The maximum absolute atomic E-state index is 6.36. The van der Waals surface area contributed by atoms with Gasteiger partial charge in [-0.25, -0.2) is 0 Å². The largest absolute Gasteiger partial charge is 1.00 e. The summed E-state index contributed by atoms with van der Waals surface area (Å²) in [5, 5.41) is 0. The van der Waals surface area contributed by atoms with E-state index in [0.29, 0.717) is 3.63 Å². The Hall–Kier alpha value is -0.180. The van der Waals surface area contributed by atoms with Gasteiger partial charge in [0.2, 0.25) is 0 Å². The van der Waals surface area contributed by atoms with Gasteiger partial charge >= 0.3 is 192 Å². The van der Waals surface area contributed by atoms with Crippen LogP contribution in [0.4, 0.5) is 0 Å². The quantitative estimate of drug-likeness (QED) is 0.475. The molecule has 166 valence electrons. The third-order valence-electron chi connectivity index (χ3n) is 6.41. The zero-order valence-electron chi connectivity index (χ0n) is 19.0. The zero-order valence-corrected chi connectivity index (χ0v) is 24.1. The molecule has 0 heterocycles. The predicted octanol–water partition coefficient (Wildman–Crippen LogP) is 1.65. The van der Waals surface area contributed by atoms with Crippen molar-refractivity contribution in [2.75, 3.05) is 0 Å². The molecule has 4 rings (SSSR count). The normalized spacial score (nSPS) is 17.9. The van der Waals surface area contributed by atoms with Gasteiger partial charge in [0.05, 0.1) is 0 Å². The first-order chi connectivity index (χ1) is 14.2. The van der Waals surface area contributed by atoms with E-state index >= 15 is 0 Å². The van der Waals surface area contributed by atoms with E-state index in [-0.39, 0.29) is 24.8 Å². The number of benzene rings is 2. The van der Waals surface area contributed by atoms with Crippen LogP contribution in [0.3, 0.4) is 0 Å². The van der Waals surface area contributed by atoms with Crippen molar-refractivity contribution in [1.82, 2.24) is 0 Å². The third kappa shape index (κ3) is 6.45. The van der Waals surface area contributed by atoms with Crippen molar-refractivity contribution >= 4 is 15.1 Å². The van der Waals surface area contributed by atoms with Crippen molar-refractivity contribution in [3.63, 3.8) is 0 Å². The van der Waals surface area contributed by atoms with Gasteiger partial charge in [-0.3, -0.25) is 0 Å². The Morgan fingerprint density at radius 1 is 0.968 bits per heavy atom. The van der Waals surface area contributed by atoms with Crippen LogP contribution in [0.5, 0.6) is 0 Å². The van der Waals surface area contributed by atoms with Gasteiger partial charge in [-0.05, 0) is 0 Å². The van der Waals surface area contributed by atoms with E-state index < -0.39 is 32.7 Å². The summed E-state index contributed by atoms with van der Waals surface area (Å²) in [6.07, 6.45) is 11.9. The summed E-state index contributed by atoms with van der Waals surface area (Å²) < 4.78 is 6.97. The van der Waals surface area contributed by atoms with Gasteiger partial charge in [0.1, 0.15) is 0 Å². The predicted molar refractivity (Wildman–Crippen MR) is 123 cm³/mol. The Kier molecular flexibility index (Phi) is 11.3. The topological polar surface area (TPSA) is 9.23 Å². The number of hydrogen-bond acceptors (Lipinski definition) is 1. The average molecular weight is 553 g/mol. The molecule has 0 aliphatic heterocycles. The van der Waals surface area contributed by atoms with Crippen molar-refractivity contribution in [2.45, 2.75) is 74.5 Å². The van der Waals surface area contributed by atoms with E-state index in [4.69, 9.17) is 2.50 Å². The van der Waals surface area contributed by atoms with Crippen LogP contribution in [0.2, 0.25) is 13.1 Å². The fourth-order valence-electron chi connectivity index (χ4n) is 4.94. The van der Waals surface area contributed by atoms with Crippen LogP contribution in [0.15, 0.2) is 48.0 Å². The molecule has 1 unspecified atom stereocenters. The summed E-state index contributed by atoms with van der Waals surface area (Å²) in [4.78, 5) is 0. The molecule has 31 heavy (non-hydrogen) atoms. The summed E-state index contributed by atoms with van der Waals surface area (Å²) in [7, 11) is -0.932. The van der Waals surface area contributed by atoms with Crippen LogP contribution in [0.1, 0.15) is 78.1 Å². The number of rotatable bonds is 7. The molecule has 0 amide bonds. The van der Waals surface area contributed by atoms with Gasteiger partial charge in [-0.1, -0.05) is 0 Å². The van der Waals surface area contributed by atoms with E-state index in [0.717, 1.165) is 5.92 Å². The van der Waals surface area contributed by atoms with Gasteiger partial charge in [0.25, 0.3) is 0 Å². The Morgan fingerprint density at radius 3 is 2.32 bits per heavy atom. The molecule has 0 N–H and O–H groups in total. The number of hydrogen-bond donors (Lipinski definition) is 0. The van der Waals surface area contributed by atoms with Crippen molar-refractivity contribution in [2.24, 2.45) is 0 Å². The van der Waals surface area contributed by atoms with Crippen molar-refractivity contribution < 1.29 is 51.0 Å². The van der Waals surface area contributed by atoms with Crippen LogP contribution in [-0.4, -0.2) is 9.04 Å². The molecule has 1 nitrogen and oxygen atoms in total. The Bertz CT molecular complexity index is 860. The van der Waals surface area contributed by atoms with Gasteiger partial charge in [-0.2, -0.15) is 0 Å². The maximum atomic E-state index is 6.36. The first kappa shape index (κ1) is 27.1. The molecule has 5 heteroatoms. The summed E-state index contributed by atoms with van der Waals surface area (Å²) in [6.45, 7) is 6.92. The molecule has 1 fully saturated rings. The summed E-state index contributed by atoms with van der Waals surface area (Å²) in [6, 6.07) is 16.5. The van der Waals surface area contributed by atoms with Crippen LogP contribution >= 0.6 is 0 Å². The minimum Gasteiger partial charge on any atom is -1.00 e. The van der Waals surface area contributed by atoms with Gasteiger partial charge in [0.15, 0.2) is 0 Å². The molecule has 1 saturated carbocycles. The third-order valence-corrected chi connectivity index (χ3v) is 13.8. The second-order valence-electron chi connectivity index (χ2n) is 8.95. The van der Waals surface area contributed by atoms with Crippen LogP contribution in [0.25, 0.3) is 17.2 Å². The van der Waals surface area contributed by atoms with Crippen LogP contribution < -0.4 is 24.8 Å². The first-order valence-electron chi connectivity index (χ1n) is 11.5. The summed E-state index contributed by atoms with van der Waals surface area (Å²) in [5.74, 6) is 0.782. The zero-order chi connectivity index (χ0) is 20.2. The van der Waals surface area contributed by atoms with E-state index in [9.17, 15) is 0 Å². The van der Waals surface area contributed by atoms with E-state index in [1.165, 1.54) is 61.6 Å². The molecule has 2 aliphatic rings. The molecule has 0 bridgehead atoms. The second kappa shape index (κ2) is 12.9. The van der Waals surface area contributed by atoms with Crippen molar-refractivity contribution in [3.8, 4) is 11.1 Å². The molecule has 0 radical (unpaired) electrons. The van der Waals surface area contributed by atoms with Crippen molar-refractivity contribution in [3.05, 3.63) is 64.7 Å². The molecule has 0 saturated heterocycles. The number of allylic oxidation sites excluding steroid dienone is 1. The first-order valence-corrected chi connectivity index (χ1v) is 16.7. The Balaban J connectivity index is 0.00000171. The van der Waals surface area contributed by atoms with E-state index in [1.54, 1.807) is 16.7 Å². The fourth-order valence-corrected chi connectivity index (χ4v) is 10.2. The Labute approximate surface area is 215 Å². The molecule has 0 aromatic heterocycles. The molecular weight excluding hydrogens is 519 g/mol. The monoisotopic (exact) mass is 550 g/mol. The number of fused-ring (bicyclic) bond motifs is 1. The van der Waals surface area contributed by atoms with Crippen LogP contribution in [-0.2, 0) is 26.2 Å². The molecule has 2 aromatic carbocycles. The molecule has 2 aliphatic carbocycles. The van der Waals surface area contributed by atoms with Gasteiger partial charge in [0, 0.05) is 0 Å². The minimum atomic E-state index is -0.932. The summed E-state index contributed by atoms with van der Waals surface area (Å²) in [5.41, 5.74) is 8.99. The smallest absolute Gasteiger partial charge is 1.00 e. The summed E-state index contributed by atoms with van der Waals surface area (Å²) >= 11 is -0.875. The molecular formula is C26H34Cl2OSiZr. The molecule has 0 spiro atoms. The van der Waals surface area contributed by atoms with Crippen molar-refractivity contribution in [1.29, 1.82) is 0 Å². The van der Waals surface area contributed by atoms with E-state index in [1.807, 2.05) is 0 Å². The van der Waals surface area contributed by atoms with E-state index in [2.05, 4.69) is 68.6 Å². The minimum absolute atomic E-state index is 0.